The zero-order valence-electron chi connectivity index (χ0n) is 22.7. The Morgan fingerprint density at radius 2 is 1.62 bits per heavy atom. The first-order chi connectivity index (χ1) is 18.4. The molecule has 2 atom stereocenters. The molecule has 0 aliphatic rings. The van der Waals surface area contributed by atoms with Gasteiger partial charge in [0.1, 0.15) is 23.4 Å². The van der Waals surface area contributed by atoms with E-state index in [2.05, 4.69) is 10.6 Å². The van der Waals surface area contributed by atoms with Crippen LogP contribution in [0.4, 0.5) is 10.5 Å². The lowest BCUT2D eigenvalue weighted by Gasteiger charge is -2.32. The zero-order chi connectivity index (χ0) is 28.7. The van der Waals surface area contributed by atoms with Gasteiger partial charge in [-0.15, -0.1) is 0 Å². The van der Waals surface area contributed by atoms with E-state index in [1.165, 1.54) is 24.1 Å². The molecule has 0 radical (unpaired) electrons. The summed E-state index contributed by atoms with van der Waals surface area (Å²) in [5, 5.41) is 15.6. The van der Waals surface area contributed by atoms with E-state index in [1.807, 2.05) is 19.1 Å². The lowest BCUT2D eigenvalue weighted by atomic mass is 10.0. The Morgan fingerprint density at radius 1 is 0.974 bits per heavy atom. The second-order valence-electron chi connectivity index (χ2n) is 10.3. The molecule has 3 amide bonds. The summed E-state index contributed by atoms with van der Waals surface area (Å²) < 4.78 is 5.40. The van der Waals surface area contributed by atoms with Crippen molar-refractivity contribution in [3.8, 4) is 5.75 Å². The second kappa shape index (κ2) is 12.7. The quantitative estimate of drug-likeness (QED) is 0.336. The SMILES string of the molecule is Cc1cccc(Cl)c1NC(=O)C(c1ccccc1)N(C)C(=O)C(Cc1ccc(O)cc1)NC(=O)OC(C)(C)C. The minimum atomic E-state index is -1.06. The van der Waals surface area contributed by atoms with E-state index < -0.39 is 35.6 Å². The standard InChI is InChI=1S/C30H34ClN3O5/c1-19-10-9-13-23(31)25(19)33-27(36)26(21-11-7-6-8-12-21)34(5)28(37)24(32-29(38)39-30(2,3)4)18-20-14-16-22(35)17-15-20/h6-17,24,26,35H,18H2,1-5H3,(H,32,38)(H,33,36). The van der Waals surface area contributed by atoms with Gasteiger partial charge in [0.2, 0.25) is 5.91 Å². The molecular weight excluding hydrogens is 518 g/mol. The highest BCUT2D eigenvalue weighted by Gasteiger charge is 2.34. The van der Waals surface area contributed by atoms with Crippen LogP contribution in [0.2, 0.25) is 5.02 Å². The summed E-state index contributed by atoms with van der Waals surface area (Å²) in [4.78, 5) is 41.6. The van der Waals surface area contributed by atoms with Crippen molar-refractivity contribution in [3.63, 3.8) is 0 Å². The van der Waals surface area contributed by atoms with Crippen LogP contribution in [0.5, 0.6) is 5.75 Å². The molecular formula is C30H34ClN3O5. The number of phenolic OH excluding ortho intramolecular Hbond substituents is 1. The van der Waals surface area contributed by atoms with Crippen molar-refractivity contribution in [2.75, 3.05) is 12.4 Å². The number of nitrogens with one attached hydrogen (secondary N) is 2. The number of halogens is 1. The average Bonchev–Trinajstić information content (AvgIpc) is 2.86. The molecule has 3 rings (SSSR count). The molecule has 3 N–H and O–H groups in total. The van der Waals surface area contributed by atoms with E-state index in [0.717, 1.165) is 5.56 Å². The number of amides is 3. The maximum absolute atomic E-state index is 13.9. The predicted octanol–water partition coefficient (Wildman–Crippen LogP) is 5.63. The lowest BCUT2D eigenvalue weighted by molar-refractivity contribution is -0.139. The third-order valence-corrected chi connectivity index (χ3v) is 6.25. The number of carbonyl (C=O) groups is 3. The van der Waals surface area contributed by atoms with Crippen LogP contribution in [0.15, 0.2) is 72.8 Å². The molecule has 206 valence electrons. The van der Waals surface area contributed by atoms with Crippen LogP contribution >= 0.6 is 11.6 Å². The number of hydrogen-bond donors (Lipinski definition) is 3. The van der Waals surface area contributed by atoms with E-state index in [1.54, 1.807) is 69.3 Å². The highest BCUT2D eigenvalue weighted by molar-refractivity contribution is 6.34. The van der Waals surface area contributed by atoms with E-state index in [4.69, 9.17) is 16.3 Å². The number of carbonyl (C=O) groups excluding carboxylic acids is 3. The molecule has 0 aliphatic heterocycles. The van der Waals surface area contributed by atoms with Gasteiger partial charge < -0.3 is 25.4 Å². The predicted molar refractivity (Wildman–Crippen MR) is 152 cm³/mol. The van der Waals surface area contributed by atoms with Gasteiger partial charge in [-0.1, -0.05) is 66.2 Å². The molecule has 0 aromatic heterocycles. The Bertz CT molecular complexity index is 1290. The first-order valence-electron chi connectivity index (χ1n) is 12.5. The minimum absolute atomic E-state index is 0.0783. The number of ether oxygens (including phenoxy) is 1. The topological polar surface area (TPSA) is 108 Å². The summed E-state index contributed by atoms with van der Waals surface area (Å²) in [6, 6.07) is 18.4. The van der Waals surface area contributed by atoms with Crippen LogP contribution in [-0.2, 0) is 20.7 Å². The molecule has 0 saturated carbocycles. The summed E-state index contributed by atoms with van der Waals surface area (Å²) in [5.74, 6) is -0.891. The fourth-order valence-corrected chi connectivity index (χ4v) is 4.33. The van der Waals surface area contributed by atoms with Crippen molar-refractivity contribution in [2.24, 2.45) is 0 Å². The molecule has 0 saturated heterocycles. The highest BCUT2D eigenvalue weighted by atomic mass is 35.5. The summed E-state index contributed by atoms with van der Waals surface area (Å²) in [5.41, 5.74) is 1.73. The van der Waals surface area contributed by atoms with Crippen LogP contribution < -0.4 is 10.6 Å². The maximum Gasteiger partial charge on any atom is 0.408 e. The zero-order valence-corrected chi connectivity index (χ0v) is 23.5. The monoisotopic (exact) mass is 551 g/mol. The average molecular weight is 552 g/mol. The van der Waals surface area contributed by atoms with Crippen molar-refractivity contribution in [1.82, 2.24) is 10.2 Å². The number of alkyl carbamates (subject to hydrolysis) is 1. The molecule has 0 spiro atoms. The fourth-order valence-electron chi connectivity index (χ4n) is 4.06. The van der Waals surface area contributed by atoms with Gasteiger partial charge in [-0.05, 0) is 62.6 Å². The van der Waals surface area contributed by atoms with Crippen molar-refractivity contribution < 1.29 is 24.2 Å². The number of nitrogens with zero attached hydrogens (tertiary/aromatic N) is 1. The van der Waals surface area contributed by atoms with Crippen molar-refractivity contribution in [3.05, 3.63) is 94.5 Å². The first kappa shape index (κ1) is 29.5. The van der Waals surface area contributed by atoms with E-state index in [9.17, 15) is 19.5 Å². The molecule has 3 aromatic carbocycles. The third kappa shape index (κ3) is 8.22. The van der Waals surface area contributed by atoms with Gasteiger partial charge >= 0.3 is 6.09 Å². The molecule has 0 fully saturated rings. The van der Waals surface area contributed by atoms with Gasteiger partial charge in [-0.3, -0.25) is 9.59 Å². The van der Waals surface area contributed by atoms with Crippen molar-refractivity contribution in [1.29, 1.82) is 0 Å². The van der Waals surface area contributed by atoms with Gasteiger partial charge in [-0.25, -0.2) is 4.79 Å². The number of rotatable bonds is 8. The Morgan fingerprint density at radius 3 is 2.21 bits per heavy atom. The lowest BCUT2D eigenvalue weighted by Crippen LogP contribution is -2.52. The van der Waals surface area contributed by atoms with Gasteiger partial charge in [0, 0.05) is 13.5 Å². The summed E-state index contributed by atoms with van der Waals surface area (Å²) in [6.45, 7) is 7.00. The molecule has 0 heterocycles. The number of phenols is 1. The van der Waals surface area contributed by atoms with E-state index in [0.29, 0.717) is 21.8 Å². The molecule has 0 bridgehead atoms. The Labute approximate surface area is 233 Å². The van der Waals surface area contributed by atoms with Crippen LogP contribution in [0.3, 0.4) is 0 Å². The van der Waals surface area contributed by atoms with E-state index in [-0.39, 0.29) is 12.2 Å². The number of likely N-dealkylation sites (N-methyl/N-ethyl adjacent to an activating group) is 1. The Hall–Kier alpha value is -4.04. The van der Waals surface area contributed by atoms with Crippen molar-refractivity contribution in [2.45, 2.75) is 51.8 Å². The summed E-state index contributed by atoms with van der Waals surface area (Å²) in [7, 11) is 1.51. The van der Waals surface area contributed by atoms with Gasteiger partial charge in [0.05, 0.1) is 10.7 Å². The molecule has 2 unspecified atom stereocenters. The second-order valence-corrected chi connectivity index (χ2v) is 10.7. The van der Waals surface area contributed by atoms with E-state index >= 15 is 0 Å². The Balaban J connectivity index is 1.95. The molecule has 9 heteroatoms. The molecule has 8 nitrogen and oxygen atoms in total. The summed E-state index contributed by atoms with van der Waals surface area (Å²) in [6.07, 6.45) is -0.657. The molecule has 0 aliphatic carbocycles. The number of para-hydroxylation sites is 1. The highest BCUT2D eigenvalue weighted by Crippen LogP contribution is 2.29. The normalized spacial score (nSPS) is 12.7. The number of benzene rings is 3. The third-order valence-electron chi connectivity index (χ3n) is 5.93. The maximum atomic E-state index is 13.9. The number of aromatic hydroxyl groups is 1. The van der Waals surface area contributed by atoms with Crippen LogP contribution in [0.1, 0.15) is 43.5 Å². The Kier molecular flexibility index (Phi) is 9.59. The molecule has 39 heavy (non-hydrogen) atoms. The number of hydrogen-bond acceptors (Lipinski definition) is 5. The summed E-state index contributed by atoms with van der Waals surface area (Å²) >= 11 is 6.35. The smallest absolute Gasteiger partial charge is 0.408 e. The van der Waals surface area contributed by atoms with Crippen molar-refractivity contribution >= 4 is 35.2 Å². The fraction of sp³-hybridized carbons (Fsp3) is 0.300. The minimum Gasteiger partial charge on any atom is -0.508 e. The van der Waals surface area contributed by atoms with Crippen LogP contribution in [0.25, 0.3) is 0 Å². The van der Waals surface area contributed by atoms with Gasteiger partial charge in [0.15, 0.2) is 0 Å². The first-order valence-corrected chi connectivity index (χ1v) is 12.9. The number of aryl methyl sites for hydroxylation is 1. The van der Waals surface area contributed by atoms with Crippen LogP contribution in [0, 0.1) is 6.92 Å². The largest absolute Gasteiger partial charge is 0.508 e. The molecule has 3 aromatic rings. The van der Waals surface area contributed by atoms with Gasteiger partial charge in [-0.2, -0.15) is 0 Å². The van der Waals surface area contributed by atoms with Gasteiger partial charge in [0.25, 0.3) is 5.91 Å². The number of anilines is 1. The van der Waals surface area contributed by atoms with Crippen LogP contribution in [-0.4, -0.2) is 46.6 Å².